The third-order valence-corrected chi connectivity index (χ3v) is 6.54. The molecule has 2 fully saturated rings. The minimum absolute atomic E-state index is 0.159. The Kier molecular flexibility index (Phi) is 8.66. The molecular formula is C24H31NO13. The smallest absolute Gasteiger partial charge is 0.336 e. The molecule has 0 aliphatic carbocycles. The van der Waals surface area contributed by atoms with Crippen LogP contribution in [0.2, 0.25) is 0 Å². The number of ether oxygens (including phenoxy) is 4. The lowest BCUT2D eigenvalue weighted by molar-refractivity contribution is -0.339. The predicted octanol–water partition coefficient (Wildman–Crippen LogP) is -2.75. The Morgan fingerprint density at radius 3 is 2.26 bits per heavy atom. The zero-order chi connectivity index (χ0) is 27.7. The number of amides is 1. The summed E-state index contributed by atoms with van der Waals surface area (Å²) in [6.07, 6.45) is -13.8. The van der Waals surface area contributed by atoms with Gasteiger partial charge < -0.3 is 59.3 Å². The molecule has 210 valence electrons. The van der Waals surface area contributed by atoms with E-state index in [1.165, 1.54) is 19.1 Å². The molecule has 14 heteroatoms. The van der Waals surface area contributed by atoms with Gasteiger partial charge >= 0.3 is 5.63 Å². The molecule has 0 unspecified atom stereocenters. The number of benzene rings is 1. The Morgan fingerprint density at radius 1 is 0.947 bits per heavy atom. The summed E-state index contributed by atoms with van der Waals surface area (Å²) >= 11 is 0. The van der Waals surface area contributed by atoms with Crippen molar-refractivity contribution in [1.82, 2.24) is 5.32 Å². The van der Waals surface area contributed by atoms with Crippen LogP contribution in [0.25, 0.3) is 11.0 Å². The van der Waals surface area contributed by atoms with Crippen LogP contribution in [0, 0.1) is 6.92 Å². The third-order valence-electron chi connectivity index (χ3n) is 6.54. The fourth-order valence-corrected chi connectivity index (χ4v) is 4.57. The maximum Gasteiger partial charge on any atom is 0.336 e. The summed E-state index contributed by atoms with van der Waals surface area (Å²) in [7, 11) is 0. The number of fused-ring (bicyclic) bond motifs is 1. The van der Waals surface area contributed by atoms with Gasteiger partial charge in [-0.3, -0.25) is 4.79 Å². The number of aryl methyl sites for hydroxylation is 1. The molecular weight excluding hydrogens is 510 g/mol. The highest BCUT2D eigenvalue weighted by atomic mass is 16.7. The molecule has 14 nitrogen and oxygen atoms in total. The largest absolute Gasteiger partial charge is 0.462 e. The molecule has 1 amide bonds. The average molecular weight is 542 g/mol. The van der Waals surface area contributed by atoms with Crippen LogP contribution >= 0.6 is 0 Å². The number of carbonyl (C=O) groups excluding carboxylic acids is 1. The molecule has 0 radical (unpaired) electrons. The Bertz CT molecular complexity index is 1190. The quantitative estimate of drug-likeness (QED) is 0.177. The summed E-state index contributed by atoms with van der Waals surface area (Å²) in [6.45, 7) is 1.54. The lowest BCUT2D eigenvalue weighted by Gasteiger charge is -2.47. The molecule has 2 saturated heterocycles. The van der Waals surface area contributed by atoms with Gasteiger partial charge in [-0.2, -0.15) is 0 Å². The normalized spacial score (nSPS) is 35.7. The van der Waals surface area contributed by atoms with Crippen molar-refractivity contribution in [2.24, 2.45) is 0 Å². The number of aliphatic hydroxyl groups excluding tert-OH is 6. The van der Waals surface area contributed by atoms with Crippen LogP contribution in [0.3, 0.4) is 0 Å². The summed E-state index contributed by atoms with van der Waals surface area (Å²) < 4.78 is 28.0. The zero-order valence-corrected chi connectivity index (χ0v) is 20.5. The van der Waals surface area contributed by atoms with Gasteiger partial charge in [-0.1, -0.05) is 0 Å². The number of rotatable bonds is 7. The monoisotopic (exact) mass is 541 g/mol. The van der Waals surface area contributed by atoms with Gasteiger partial charge in [0.25, 0.3) is 0 Å². The first-order valence-corrected chi connectivity index (χ1v) is 11.9. The van der Waals surface area contributed by atoms with Crippen LogP contribution in [0.5, 0.6) is 5.75 Å². The van der Waals surface area contributed by atoms with Crippen LogP contribution in [-0.4, -0.2) is 111 Å². The summed E-state index contributed by atoms with van der Waals surface area (Å²) in [6, 6.07) is 4.74. The molecule has 0 bridgehead atoms. The predicted molar refractivity (Wildman–Crippen MR) is 126 cm³/mol. The highest BCUT2D eigenvalue weighted by Gasteiger charge is 2.52. The van der Waals surface area contributed by atoms with Crippen molar-refractivity contribution in [2.75, 3.05) is 13.2 Å². The lowest BCUT2D eigenvalue weighted by Crippen LogP contribution is -2.68. The van der Waals surface area contributed by atoms with E-state index < -0.39 is 86.1 Å². The van der Waals surface area contributed by atoms with Crippen molar-refractivity contribution in [1.29, 1.82) is 0 Å². The maximum atomic E-state index is 12.1. The number of aliphatic hydroxyl groups is 6. The Balaban J connectivity index is 1.65. The zero-order valence-electron chi connectivity index (χ0n) is 20.5. The minimum Gasteiger partial charge on any atom is -0.462 e. The topological polar surface area (TPSA) is 218 Å². The molecule has 2 aromatic rings. The van der Waals surface area contributed by atoms with Crippen molar-refractivity contribution in [3.63, 3.8) is 0 Å². The Labute approximate surface area is 215 Å². The molecule has 10 atom stereocenters. The Hall–Kier alpha value is -2.66. The summed E-state index contributed by atoms with van der Waals surface area (Å²) in [5, 5.41) is 64.0. The number of nitrogens with one attached hydrogen (secondary N) is 1. The van der Waals surface area contributed by atoms with Crippen LogP contribution in [0.15, 0.2) is 33.5 Å². The van der Waals surface area contributed by atoms with E-state index in [9.17, 15) is 40.2 Å². The maximum absolute atomic E-state index is 12.1. The van der Waals surface area contributed by atoms with E-state index in [0.717, 1.165) is 0 Å². The van der Waals surface area contributed by atoms with Gasteiger partial charge in [0.05, 0.1) is 13.2 Å². The fourth-order valence-electron chi connectivity index (χ4n) is 4.57. The molecule has 2 aliphatic heterocycles. The third kappa shape index (κ3) is 5.68. The SMILES string of the molecule is CC(=O)N[C@@H]1[C@@H](Oc2ccc3c(C)cc(=O)oc3c2)O[C@@H](CO)[C@H](O)[C@H]1O[C@H]1O[C@@H](CO)[C@H](O)[C@@H](O)[C@@H]1O. The average Bonchev–Trinajstić information content (AvgIpc) is 2.87. The number of carbonyl (C=O) groups is 1. The van der Waals surface area contributed by atoms with Crippen LogP contribution in [-0.2, 0) is 19.0 Å². The van der Waals surface area contributed by atoms with E-state index in [-0.39, 0.29) is 11.3 Å². The minimum atomic E-state index is -1.79. The molecule has 3 heterocycles. The summed E-state index contributed by atoms with van der Waals surface area (Å²) in [5.74, 6) is -0.407. The Morgan fingerprint density at radius 2 is 1.61 bits per heavy atom. The molecule has 7 N–H and O–H groups in total. The van der Waals surface area contributed by atoms with E-state index >= 15 is 0 Å². The van der Waals surface area contributed by atoms with Gasteiger partial charge in [0.15, 0.2) is 6.29 Å². The van der Waals surface area contributed by atoms with Gasteiger partial charge in [0, 0.05) is 24.4 Å². The van der Waals surface area contributed by atoms with E-state index in [0.29, 0.717) is 10.9 Å². The first-order chi connectivity index (χ1) is 18.0. The van der Waals surface area contributed by atoms with E-state index in [1.807, 2.05) is 0 Å². The standard InChI is InChI=1S/C24H31NO13/c1-9-5-16(29)35-13-6-11(3-4-12(9)13)34-23-17(25-10(2)28)22(19(31)15(8-27)36-23)38-24-21(33)20(32)18(30)14(7-26)37-24/h3-6,14-15,17-24,26-27,30-33H,7-8H2,1-2H3,(H,25,28)/t14-,15-,17-,18-,19-,20+,21-,22-,23-,24+/m0/s1. The van der Waals surface area contributed by atoms with E-state index in [1.54, 1.807) is 19.1 Å². The van der Waals surface area contributed by atoms with Crippen LogP contribution in [0.1, 0.15) is 12.5 Å². The second-order valence-corrected chi connectivity index (χ2v) is 9.26. The summed E-state index contributed by atoms with van der Waals surface area (Å²) in [4.78, 5) is 23.9. The van der Waals surface area contributed by atoms with E-state index in [2.05, 4.69) is 5.32 Å². The molecule has 0 spiro atoms. The second kappa shape index (κ2) is 11.6. The van der Waals surface area contributed by atoms with Gasteiger partial charge in [0.2, 0.25) is 12.2 Å². The number of hydrogen-bond donors (Lipinski definition) is 7. The summed E-state index contributed by atoms with van der Waals surface area (Å²) in [5.41, 5.74) is 0.352. The van der Waals surface area contributed by atoms with Gasteiger partial charge in [-0.15, -0.1) is 0 Å². The fraction of sp³-hybridized carbons (Fsp3) is 0.583. The van der Waals surface area contributed by atoms with Crippen molar-refractivity contribution in [2.45, 2.75) is 75.2 Å². The van der Waals surface area contributed by atoms with Crippen molar-refractivity contribution in [3.05, 3.63) is 40.2 Å². The molecule has 1 aromatic carbocycles. The first-order valence-electron chi connectivity index (χ1n) is 11.9. The van der Waals surface area contributed by atoms with Crippen LogP contribution < -0.4 is 15.7 Å². The van der Waals surface area contributed by atoms with Crippen molar-refractivity contribution < 1.29 is 58.8 Å². The van der Waals surface area contributed by atoms with Crippen LogP contribution in [0.4, 0.5) is 0 Å². The van der Waals surface area contributed by atoms with Gasteiger partial charge in [-0.05, 0) is 24.6 Å². The van der Waals surface area contributed by atoms with Crippen molar-refractivity contribution in [3.8, 4) is 5.75 Å². The van der Waals surface area contributed by atoms with E-state index in [4.69, 9.17) is 23.4 Å². The van der Waals surface area contributed by atoms with Gasteiger partial charge in [0.1, 0.15) is 60.1 Å². The molecule has 4 rings (SSSR count). The highest BCUT2D eigenvalue weighted by molar-refractivity contribution is 5.81. The molecule has 1 aromatic heterocycles. The number of hydrogen-bond acceptors (Lipinski definition) is 13. The first kappa shape index (κ1) is 28.4. The molecule has 2 aliphatic rings. The lowest BCUT2D eigenvalue weighted by atomic mass is 9.95. The molecule has 0 saturated carbocycles. The highest BCUT2D eigenvalue weighted by Crippen LogP contribution is 2.31. The van der Waals surface area contributed by atoms with Crippen molar-refractivity contribution >= 4 is 16.9 Å². The van der Waals surface area contributed by atoms with Gasteiger partial charge in [-0.25, -0.2) is 4.79 Å². The molecule has 38 heavy (non-hydrogen) atoms. The second-order valence-electron chi connectivity index (χ2n) is 9.26.